The highest BCUT2D eigenvalue weighted by Gasteiger charge is 2.05. The van der Waals surface area contributed by atoms with Crippen LogP contribution in [0.2, 0.25) is 0 Å². The van der Waals surface area contributed by atoms with Crippen molar-refractivity contribution in [2.24, 2.45) is 0 Å². The van der Waals surface area contributed by atoms with Gasteiger partial charge in [0.05, 0.1) is 0 Å². The van der Waals surface area contributed by atoms with Crippen molar-refractivity contribution in [2.75, 3.05) is 11.9 Å². The largest absolute Gasteiger partial charge is 0.370 e. The Bertz CT molecular complexity index is 549. The number of aromatic nitrogens is 2. The van der Waals surface area contributed by atoms with Crippen LogP contribution in [0.5, 0.6) is 0 Å². The summed E-state index contributed by atoms with van der Waals surface area (Å²) in [7, 11) is 0. The molecule has 0 radical (unpaired) electrons. The predicted molar refractivity (Wildman–Crippen MR) is 79.5 cm³/mol. The van der Waals surface area contributed by atoms with Crippen molar-refractivity contribution in [2.45, 2.75) is 33.6 Å². The minimum atomic E-state index is 0.787. The van der Waals surface area contributed by atoms with Gasteiger partial charge in [-0.15, -0.1) is 0 Å². The van der Waals surface area contributed by atoms with Gasteiger partial charge < -0.3 is 5.32 Å². The normalized spacial score (nSPS) is 10.5. The molecular formula is C16H21N3. The molecule has 2 aromatic rings. The zero-order valence-corrected chi connectivity index (χ0v) is 11.9. The summed E-state index contributed by atoms with van der Waals surface area (Å²) in [6.45, 7) is 7.23. The molecule has 0 spiro atoms. The molecule has 1 aromatic heterocycles. The van der Waals surface area contributed by atoms with Gasteiger partial charge in [0.2, 0.25) is 0 Å². The molecule has 1 heterocycles. The number of rotatable bonds is 5. The second kappa shape index (κ2) is 6.32. The molecule has 0 aliphatic carbocycles. The number of benzene rings is 1. The monoisotopic (exact) mass is 255 g/mol. The lowest BCUT2D eigenvalue weighted by Crippen LogP contribution is -2.07. The van der Waals surface area contributed by atoms with Crippen LogP contribution in [0.25, 0.3) is 0 Å². The summed E-state index contributed by atoms with van der Waals surface area (Å²) < 4.78 is 0. The molecule has 0 aliphatic rings. The van der Waals surface area contributed by atoms with E-state index in [2.05, 4.69) is 53.4 Å². The third-order valence-electron chi connectivity index (χ3n) is 3.07. The fourth-order valence-corrected chi connectivity index (χ4v) is 2.03. The molecule has 0 fully saturated rings. The van der Waals surface area contributed by atoms with Crippen molar-refractivity contribution in [3.05, 3.63) is 53.0 Å². The molecule has 0 aliphatic heterocycles. The lowest BCUT2D eigenvalue weighted by molar-refractivity contribution is 0.914. The van der Waals surface area contributed by atoms with Gasteiger partial charge in [0.1, 0.15) is 11.6 Å². The van der Waals surface area contributed by atoms with Gasteiger partial charge in [-0.05, 0) is 31.4 Å². The molecule has 3 heteroatoms. The highest BCUT2D eigenvalue weighted by Crippen LogP contribution is 2.13. The summed E-state index contributed by atoms with van der Waals surface area (Å²) in [6.07, 6.45) is 1.88. The van der Waals surface area contributed by atoms with Gasteiger partial charge in [0, 0.05) is 24.7 Å². The second-order valence-corrected chi connectivity index (χ2v) is 4.84. The Balaban J connectivity index is 2.20. The standard InChI is InChI=1S/C16H21N3/c1-4-9-17-15-10-13(3)18-16(19-15)11-14-8-6-5-7-12(14)2/h5-8,10H,4,9,11H2,1-3H3,(H,17,18,19). The van der Waals surface area contributed by atoms with E-state index >= 15 is 0 Å². The first-order valence-corrected chi connectivity index (χ1v) is 6.82. The zero-order chi connectivity index (χ0) is 13.7. The third-order valence-corrected chi connectivity index (χ3v) is 3.07. The van der Waals surface area contributed by atoms with Crippen LogP contribution in [0, 0.1) is 13.8 Å². The van der Waals surface area contributed by atoms with Crippen LogP contribution >= 0.6 is 0 Å². The Morgan fingerprint density at radius 1 is 1.11 bits per heavy atom. The quantitative estimate of drug-likeness (QED) is 0.888. The number of aryl methyl sites for hydroxylation is 2. The molecule has 100 valence electrons. The molecule has 0 bridgehead atoms. The second-order valence-electron chi connectivity index (χ2n) is 4.84. The number of hydrogen-bond donors (Lipinski definition) is 1. The molecular weight excluding hydrogens is 234 g/mol. The first-order valence-electron chi connectivity index (χ1n) is 6.82. The molecule has 2 rings (SSSR count). The number of hydrogen-bond acceptors (Lipinski definition) is 3. The summed E-state index contributed by atoms with van der Waals surface area (Å²) in [5, 5.41) is 3.32. The van der Waals surface area contributed by atoms with E-state index in [-0.39, 0.29) is 0 Å². The van der Waals surface area contributed by atoms with Crippen molar-refractivity contribution >= 4 is 5.82 Å². The van der Waals surface area contributed by atoms with Crippen molar-refractivity contribution < 1.29 is 0 Å². The fraction of sp³-hybridized carbons (Fsp3) is 0.375. The van der Waals surface area contributed by atoms with Crippen LogP contribution in [0.15, 0.2) is 30.3 Å². The van der Waals surface area contributed by atoms with Crippen LogP contribution in [0.3, 0.4) is 0 Å². The van der Waals surface area contributed by atoms with E-state index < -0.39 is 0 Å². The summed E-state index contributed by atoms with van der Waals surface area (Å²) in [4.78, 5) is 9.11. The molecule has 0 atom stereocenters. The lowest BCUT2D eigenvalue weighted by atomic mass is 10.1. The predicted octanol–water partition coefficient (Wildman–Crippen LogP) is 3.51. The van der Waals surface area contributed by atoms with E-state index in [9.17, 15) is 0 Å². The first kappa shape index (κ1) is 13.5. The zero-order valence-electron chi connectivity index (χ0n) is 11.9. The fourth-order valence-electron chi connectivity index (χ4n) is 2.03. The van der Waals surface area contributed by atoms with Crippen LogP contribution in [0.4, 0.5) is 5.82 Å². The van der Waals surface area contributed by atoms with Gasteiger partial charge >= 0.3 is 0 Å². The van der Waals surface area contributed by atoms with E-state index in [1.165, 1.54) is 11.1 Å². The molecule has 1 aromatic carbocycles. The van der Waals surface area contributed by atoms with Gasteiger partial charge in [-0.25, -0.2) is 9.97 Å². The van der Waals surface area contributed by atoms with Gasteiger partial charge in [-0.2, -0.15) is 0 Å². The number of nitrogens with one attached hydrogen (secondary N) is 1. The Morgan fingerprint density at radius 3 is 2.63 bits per heavy atom. The Labute approximate surface area is 115 Å². The van der Waals surface area contributed by atoms with Crippen molar-refractivity contribution in [1.29, 1.82) is 0 Å². The molecule has 19 heavy (non-hydrogen) atoms. The summed E-state index contributed by atoms with van der Waals surface area (Å²) in [5.41, 5.74) is 3.59. The van der Waals surface area contributed by atoms with Crippen LogP contribution < -0.4 is 5.32 Å². The van der Waals surface area contributed by atoms with E-state index in [0.717, 1.165) is 36.7 Å². The van der Waals surface area contributed by atoms with Gasteiger partial charge in [0.25, 0.3) is 0 Å². The van der Waals surface area contributed by atoms with Crippen molar-refractivity contribution in [3.8, 4) is 0 Å². The average molecular weight is 255 g/mol. The van der Waals surface area contributed by atoms with Crippen LogP contribution in [0.1, 0.15) is 36.0 Å². The van der Waals surface area contributed by atoms with E-state index in [1.807, 2.05) is 13.0 Å². The SMILES string of the molecule is CCCNc1cc(C)nc(Cc2ccccc2C)n1. The Hall–Kier alpha value is -1.90. The minimum absolute atomic E-state index is 0.787. The van der Waals surface area contributed by atoms with E-state index in [0.29, 0.717) is 0 Å². The molecule has 0 unspecified atom stereocenters. The van der Waals surface area contributed by atoms with Crippen molar-refractivity contribution in [1.82, 2.24) is 9.97 Å². The Morgan fingerprint density at radius 2 is 1.89 bits per heavy atom. The highest BCUT2D eigenvalue weighted by atomic mass is 15.0. The maximum absolute atomic E-state index is 4.59. The smallest absolute Gasteiger partial charge is 0.135 e. The highest BCUT2D eigenvalue weighted by molar-refractivity contribution is 5.37. The molecule has 3 nitrogen and oxygen atoms in total. The van der Waals surface area contributed by atoms with Gasteiger partial charge in [0.15, 0.2) is 0 Å². The molecule has 0 saturated carbocycles. The topological polar surface area (TPSA) is 37.8 Å². The molecule has 0 amide bonds. The summed E-state index contributed by atoms with van der Waals surface area (Å²) in [5.74, 6) is 1.81. The Kier molecular flexibility index (Phi) is 4.50. The number of anilines is 1. The third kappa shape index (κ3) is 3.78. The average Bonchev–Trinajstić information content (AvgIpc) is 2.38. The molecule has 1 N–H and O–H groups in total. The van der Waals surface area contributed by atoms with Crippen molar-refractivity contribution in [3.63, 3.8) is 0 Å². The van der Waals surface area contributed by atoms with E-state index in [4.69, 9.17) is 0 Å². The maximum Gasteiger partial charge on any atom is 0.135 e. The lowest BCUT2D eigenvalue weighted by Gasteiger charge is -2.09. The first-order chi connectivity index (χ1) is 9.19. The summed E-state index contributed by atoms with van der Waals surface area (Å²) in [6, 6.07) is 10.4. The van der Waals surface area contributed by atoms with Gasteiger partial charge in [-0.3, -0.25) is 0 Å². The number of nitrogens with zero attached hydrogens (tertiary/aromatic N) is 2. The van der Waals surface area contributed by atoms with Crippen LogP contribution in [-0.2, 0) is 6.42 Å². The van der Waals surface area contributed by atoms with E-state index in [1.54, 1.807) is 0 Å². The minimum Gasteiger partial charge on any atom is -0.370 e. The van der Waals surface area contributed by atoms with Gasteiger partial charge in [-0.1, -0.05) is 31.2 Å². The molecule has 0 saturated heterocycles. The van der Waals surface area contributed by atoms with Crippen LogP contribution in [-0.4, -0.2) is 16.5 Å². The maximum atomic E-state index is 4.59. The summed E-state index contributed by atoms with van der Waals surface area (Å²) >= 11 is 0.